The Morgan fingerprint density at radius 1 is 1.00 bits per heavy atom. The quantitative estimate of drug-likeness (QED) is 0.382. The Hall–Kier alpha value is -3.52. The molecule has 2 aromatic carbocycles. The Kier molecular flexibility index (Phi) is 6.29. The van der Waals surface area contributed by atoms with Gasteiger partial charge in [0.25, 0.3) is 17.5 Å². The number of likely N-dealkylation sites (N-methyl/N-ethyl adjacent to an activating group) is 1. The number of anilines is 1. The van der Waals surface area contributed by atoms with Crippen molar-refractivity contribution >= 4 is 28.8 Å². The molecular formula is C25H28N4O4. The van der Waals surface area contributed by atoms with Gasteiger partial charge in [0.15, 0.2) is 0 Å². The summed E-state index contributed by atoms with van der Waals surface area (Å²) in [5.74, 6) is -0.771. The average Bonchev–Trinajstić information content (AvgIpc) is 3.09. The smallest absolute Gasteiger partial charge is 0.282 e. The summed E-state index contributed by atoms with van der Waals surface area (Å²) in [5.41, 5.74) is 2.71. The molecule has 0 atom stereocenters. The summed E-state index contributed by atoms with van der Waals surface area (Å²) in [6, 6.07) is 13.4. The molecule has 1 fully saturated rings. The molecule has 0 radical (unpaired) electrons. The number of nitrogens with zero attached hydrogens (tertiary/aromatic N) is 4. The molecule has 0 bridgehead atoms. The highest BCUT2D eigenvalue weighted by Gasteiger charge is 2.43. The van der Waals surface area contributed by atoms with Gasteiger partial charge in [0, 0.05) is 25.2 Å². The maximum absolute atomic E-state index is 13.7. The maximum Gasteiger partial charge on any atom is 0.282 e. The fraction of sp³-hybridized carbons (Fsp3) is 0.360. The van der Waals surface area contributed by atoms with E-state index in [1.54, 1.807) is 24.3 Å². The molecule has 172 valence electrons. The molecule has 2 aliphatic rings. The topological polar surface area (TPSA) is 87.0 Å². The highest BCUT2D eigenvalue weighted by molar-refractivity contribution is 6.45. The molecule has 2 amide bonds. The number of piperidine rings is 1. The van der Waals surface area contributed by atoms with E-state index in [1.807, 2.05) is 31.0 Å². The second-order valence-corrected chi connectivity index (χ2v) is 8.64. The van der Waals surface area contributed by atoms with Crippen LogP contribution in [0.15, 0.2) is 54.2 Å². The van der Waals surface area contributed by atoms with Crippen LogP contribution in [0.1, 0.15) is 30.9 Å². The van der Waals surface area contributed by atoms with E-state index in [1.165, 1.54) is 17.0 Å². The number of imide groups is 1. The van der Waals surface area contributed by atoms with Gasteiger partial charge < -0.3 is 9.80 Å². The fourth-order valence-electron chi connectivity index (χ4n) is 4.54. The largest absolute Gasteiger partial charge is 0.366 e. The summed E-state index contributed by atoms with van der Waals surface area (Å²) < 4.78 is 0. The molecule has 33 heavy (non-hydrogen) atoms. The standard InChI is InChI=1S/C25H28N4O4/c1-4-17-5-9-20(10-6-17)28-24(30)22(18-7-11-21(12-8-18)29(32)33)23(25(28)31)27(3)19-13-15-26(2)16-14-19/h5-12,19H,4,13-16H2,1-3H3. The van der Waals surface area contributed by atoms with Gasteiger partial charge in [0.1, 0.15) is 5.70 Å². The van der Waals surface area contributed by atoms with Gasteiger partial charge in [-0.05, 0) is 74.8 Å². The Morgan fingerprint density at radius 3 is 2.15 bits per heavy atom. The molecule has 0 aliphatic carbocycles. The second kappa shape index (κ2) is 9.15. The molecule has 0 saturated carbocycles. The highest BCUT2D eigenvalue weighted by Crippen LogP contribution is 2.36. The molecule has 8 nitrogen and oxygen atoms in total. The first-order chi connectivity index (χ1) is 15.8. The van der Waals surface area contributed by atoms with E-state index in [2.05, 4.69) is 11.9 Å². The van der Waals surface area contributed by atoms with Crippen molar-refractivity contribution in [2.24, 2.45) is 0 Å². The molecular weight excluding hydrogens is 420 g/mol. The maximum atomic E-state index is 13.7. The minimum absolute atomic E-state index is 0.0617. The van der Waals surface area contributed by atoms with Crippen molar-refractivity contribution in [2.45, 2.75) is 32.2 Å². The molecule has 4 rings (SSSR count). The van der Waals surface area contributed by atoms with Crippen LogP contribution in [0, 0.1) is 10.1 Å². The summed E-state index contributed by atoms with van der Waals surface area (Å²) in [5, 5.41) is 11.1. The third kappa shape index (κ3) is 4.26. The lowest BCUT2D eigenvalue weighted by Gasteiger charge is -2.36. The second-order valence-electron chi connectivity index (χ2n) is 8.64. The zero-order valence-electron chi connectivity index (χ0n) is 19.2. The van der Waals surface area contributed by atoms with Crippen molar-refractivity contribution in [3.8, 4) is 0 Å². The minimum atomic E-state index is -0.479. The summed E-state index contributed by atoms with van der Waals surface area (Å²) in [4.78, 5) is 43.3. The van der Waals surface area contributed by atoms with Crippen LogP contribution < -0.4 is 4.90 Å². The van der Waals surface area contributed by atoms with Crippen molar-refractivity contribution in [2.75, 3.05) is 32.1 Å². The van der Waals surface area contributed by atoms with Crippen LogP contribution in [0.25, 0.3) is 5.57 Å². The number of amides is 2. The van der Waals surface area contributed by atoms with Gasteiger partial charge in [-0.1, -0.05) is 19.1 Å². The van der Waals surface area contributed by atoms with Crippen LogP contribution in [0.4, 0.5) is 11.4 Å². The van der Waals surface area contributed by atoms with Crippen molar-refractivity contribution < 1.29 is 14.5 Å². The average molecular weight is 449 g/mol. The molecule has 2 aromatic rings. The van der Waals surface area contributed by atoms with Crippen LogP contribution in [-0.4, -0.2) is 59.8 Å². The predicted octanol–water partition coefficient (Wildman–Crippen LogP) is 3.47. The number of carbonyl (C=O) groups is 2. The Bertz CT molecular complexity index is 1100. The lowest BCUT2D eigenvalue weighted by Crippen LogP contribution is -2.43. The van der Waals surface area contributed by atoms with Crippen molar-refractivity contribution in [1.82, 2.24) is 9.80 Å². The van der Waals surface area contributed by atoms with Gasteiger partial charge >= 0.3 is 0 Å². The Labute approximate surface area is 193 Å². The minimum Gasteiger partial charge on any atom is -0.366 e. The van der Waals surface area contributed by atoms with Crippen LogP contribution in [0.5, 0.6) is 0 Å². The number of benzene rings is 2. The first-order valence-electron chi connectivity index (χ1n) is 11.2. The van der Waals surface area contributed by atoms with Gasteiger partial charge in [-0.25, -0.2) is 4.90 Å². The lowest BCUT2D eigenvalue weighted by molar-refractivity contribution is -0.384. The number of hydrogen-bond acceptors (Lipinski definition) is 6. The van der Waals surface area contributed by atoms with Crippen LogP contribution in [-0.2, 0) is 16.0 Å². The third-order valence-electron chi connectivity index (χ3n) is 6.62. The normalized spacial score (nSPS) is 17.7. The molecule has 0 unspecified atom stereocenters. The van der Waals surface area contributed by atoms with Gasteiger partial charge in [-0.2, -0.15) is 0 Å². The zero-order chi connectivity index (χ0) is 23.7. The number of carbonyl (C=O) groups excluding carboxylic acids is 2. The van der Waals surface area contributed by atoms with E-state index in [-0.39, 0.29) is 23.2 Å². The molecule has 0 spiro atoms. The van der Waals surface area contributed by atoms with Crippen molar-refractivity contribution in [3.05, 3.63) is 75.5 Å². The molecule has 0 N–H and O–H groups in total. The predicted molar refractivity (Wildman–Crippen MR) is 127 cm³/mol. The van der Waals surface area contributed by atoms with Crippen LogP contribution in [0.2, 0.25) is 0 Å². The molecule has 0 aromatic heterocycles. The molecule has 2 aliphatic heterocycles. The van der Waals surface area contributed by atoms with Gasteiger partial charge in [-0.3, -0.25) is 19.7 Å². The summed E-state index contributed by atoms with van der Waals surface area (Å²) >= 11 is 0. The molecule has 2 heterocycles. The molecule has 8 heteroatoms. The number of hydrogen-bond donors (Lipinski definition) is 0. The SMILES string of the molecule is CCc1ccc(N2C(=O)C(c3ccc([N+](=O)[O-])cc3)=C(N(C)C3CCN(C)CC3)C2=O)cc1. The first-order valence-corrected chi connectivity index (χ1v) is 11.2. The molecule has 1 saturated heterocycles. The van der Waals surface area contributed by atoms with E-state index >= 15 is 0 Å². The number of aryl methyl sites for hydroxylation is 1. The van der Waals surface area contributed by atoms with Gasteiger partial charge in [0.05, 0.1) is 16.2 Å². The number of nitro groups is 1. The van der Waals surface area contributed by atoms with E-state index in [0.29, 0.717) is 16.9 Å². The number of nitro benzene ring substituents is 1. The lowest BCUT2D eigenvalue weighted by atomic mass is 10.00. The van der Waals surface area contributed by atoms with Crippen molar-refractivity contribution in [3.63, 3.8) is 0 Å². The first kappa shape index (κ1) is 22.7. The number of likely N-dealkylation sites (tertiary alicyclic amines) is 1. The van der Waals surface area contributed by atoms with E-state index < -0.39 is 10.8 Å². The van der Waals surface area contributed by atoms with E-state index in [4.69, 9.17) is 0 Å². The zero-order valence-corrected chi connectivity index (χ0v) is 19.2. The fourth-order valence-corrected chi connectivity index (χ4v) is 4.54. The summed E-state index contributed by atoms with van der Waals surface area (Å²) in [6.07, 6.45) is 2.63. The summed E-state index contributed by atoms with van der Waals surface area (Å²) in [6.45, 7) is 3.88. The highest BCUT2D eigenvalue weighted by atomic mass is 16.6. The van der Waals surface area contributed by atoms with Gasteiger partial charge in [0.2, 0.25) is 0 Å². The van der Waals surface area contributed by atoms with Gasteiger partial charge in [-0.15, -0.1) is 0 Å². The van der Waals surface area contributed by atoms with E-state index in [0.717, 1.165) is 37.9 Å². The summed E-state index contributed by atoms with van der Waals surface area (Å²) in [7, 11) is 3.94. The van der Waals surface area contributed by atoms with Crippen LogP contribution in [0.3, 0.4) is 0 Å². The Balaban J connectivity index is 1.77. The third-order valence-corrected chi connectivity index (χ3v) is 6.62. The van der Waals surface area contributed by atoms with Crippen molar-refractivity contribution in [1.29, 1.82) is 0 Å². The number of rotatable bonds is 6. The van der Waals surface area contributed by atoms with Crippen LogP contribution >= 0.6 is 0 Å². The monoisotopic (exact) mass is 448 g/mol. The Morgan fingerprint density at radius 2 is 1.61 bits per heavy atom. The van der Waals surface area contributed by atoms with E-state index in [9.17, 15) is 19.7 Å². The number of non-ortho nitro benzene ring substituents is 1.